The molecule has 0 unspecified atom stereocenters. The van der Waals surface area contributed by atoms with Crippen molar-refractivity contribution >= 4 is 5.82 Å². The van der Waals surface area contributed by atoms with Crippen molar-refractivity contribution in [2.24, 2.45) is 0 Å². The third kappa shape index (κ3) is 3.20. The Labute approximate surface area is 124 Å². The Hall–Kier alpha value is -1.97. The third-order valence-electron chi connectivity index (χ3n) is 3.77. The van der Waals surface area contributed by atoms with Crippen molar-refractivity contribution in [2.75, 3.05) is 11.9 Å². The number of benzene rings is 1. The molecular weight excluding hydrogens is 265 g/mol. The Morgan fingerprint density at radius 3 is 2.95 bits per heavy atom. The van der Waals surface area contributed by atoms with E-state index in [1.165, 1.54) is 11.6 Å². The van der Waals surface area contributed by atoms with Crippen LogP contribution in [0.3, 0.4) is 0 Å². The molecule has 0 aliphatic heterocycles. The number of hydrogen-bond acceptors (Lipinski definition) is 3. The standard InChI is InChI=1S/C17H20FN3/c1-2-9-19-17-14-7-4-8-15(14)20-16(21-17)11-12-5-3-6-13(18)10-12/h3,5-6,10H,2,4,7-9,11H2,1H3,(H,19,20,21). The number of hydrogen-bond donors (Lipinski definition) is 1. The lowest BCUT2D eigenvalue weighted by Gasteiger charge is -2.11. The molecule has 1 heterocycles. The molecule has 4 heteroatoms. The van der Waals surface area contributed by atoms with Crippen molar-refractivity contribution in [1.29, 1.82) is 0 Å². The maximum atomic E-state index is 13.3. The zero-order valence-corrected chi connectivity index (χ0v) is 12.3. The van der Waals surface area contributed by atoms with Crippen LogP contribution in [-0.4, -0.2) is 16.5 Å². The number of nitrogens with one attached hydrogen (secondary N) is 1. The van der Waals surface area contributed by atoms with Crippen LogP contribution in [0.2, 0.25) is 0 Å². The summed E-state index contributed by atoms with van der Waals surface area (Å²) in [5, 5.41) is 3.41. The first-order chi connectivity index (χ1) is 10.3. The van der Waals surface area contributed by atoms with Crippen LogP contribution in [-0.2, 0) is 19.3 Å². The zero-order valence-electron chi connectivity index (χ0n) is 12.3. The first kappa shape index (κ1) is 14.0. The molecule has 1 N–H and O–H groups in total. The zero-order chi connectivity index (χ0) is 14.7. The van der Waals surface area contributed by atoms with Crippen LogP contribution in [0.15, 0.2) is 24.3 Å². The fourth-order valence-electron chi connectivity index (χ4n) is 2.78. The van der Waals surface area contributed by atoms with Gasteiger partial charge in [-0.05, 0) is 43.4 Å². The summed E-state index contributed by atoms with van der Waals surface area (Å²) in [6, 6.07) is 6.66. The number of nitrogens with zero attached hydrogens (tertiary/aromatic N) is 2. The average molecular weight is 285 g/mol. The highest BCUT2D eigenvalue weighted by atomic mass is 19.1. The predicted octanol–water partition coefficient (Wildman–Crippen LogP) is 3.52. The van der Waals surface area contributed by atoms with Crippen molar-refractivity contribution in [3.05, 3.63) is 52.7 Å². The molecule has 0 spiro atoms. The molecule has 110 valence electrons. The largest absolute Gasteiger partial charge is 0.370 e. The van der Waals surface area contributed by atoms with E-state index in [1.807, 2.05) is 6.07 Å². The predicted molar refractivity (Wildman–Crippen MR) is 82.0 cm³/mol. The molecule has 0 radical (unpaired) electrons. The second-order valence-electron chi connectivity index (χ2n) is 5.50. The number of halogens is 1. The number of rotatable bonds is 5. The summed E-state index contributed by atoms with van der Waals surface area (Å²) in [6.45, 7) is 3.06. The summed E-state index contributed by atoms with van der Waals surface area (Å²) in [7, 11) is 0. The fourth-order valence-corrected chi connectivity index (χ4v) is 2.78. The van der Waals surface area contributed by atoms with Crippen LogP contribution >= 0.6 is 0 Å². The van der Waals surface area contributed by atoms with Gasteiger partial charge >= 0.3 is 0 Å². The summed E-state index contributed by atoms with van der Waals surface area (Å²) >= 11 is 0. The molecule has 0 saturated carbocycles. The van der Waals surface area contributed by atoms with E-state index < -0.39 is 0 Å². The number of anilines is 1. The van der Waals surface area contributed by atoms with Gasteiger partial charge in [0.2, 0.25) is 0 Å². The van der Waals surface area contributed by atoms with Crippen molar-refractivity contribution in [2.45, 2.75) is 39.0 Å². The van der Waals surface area contributed by atoms with Gasteiger partial charge in [-0.1, -0.05) is 19.1 Å². The summed E-state index contributed by atoms with van der Waals surface area (Å²) in [4.78, 5) is 9.34. The highest BCUT2D eigenvalue weighted by molar-refractivity contribution is 5.49. The summed E-state index contributed by atoms with van der Waals surface area (Å²) in [6.07, 6.45) is 4.87. The maximum absolute atomic E-state index is 13.3. The molecule has 2 aromatic rings. The Bertz CT molecular complexity index is 640. The lowest BCUT2D eigenvalue weighted by atomic mass is 10.1. The van der Waals surface area contributed by atoms with Crippen LogP contribution in [0, 0.1) is 5.82 Å². The van der Waals surface area contributed by atoms with Gasteiger partial charge in [0.1, 0.15) is 17.5 Å². The molecule has 3 rings (SSSR count). The van der Waals surface area contributed by atoms with Crippen molar-refractivity contribution < 1.29 is 4.39 Å². The Kier molecular flexibility index (Phi) is 4.13. The molecule has 1 aliphatic carbocycles. The molecule has 0 bridgehead atoms. The fraction of sp³-hybridized carbons (Fsp3) is 0.412. The highest BCUT2D eigenvalue weighted by Gasteiger charge is 2.19. The molecule has 1 aliphatic rings. The minimum atomic E-state index is -0.210. The van der Waals surface area contributed by atoms with E-state index in [4.69, 9.17) is 0 Å². The van der Waals surface area contributed by atoms with Gasteiger partial charge < -0.3 is 5.32 Å². The Morgan fingerprint density at radius 2 is 2.14 bits per heavy atom. The quantitative estimate of drug-likeness (QED) is 0.913. The lowest BCUT2D eigenvalue weighted by molar-refractivity contribution is 0.625. The monoisotopic (exact) mass is 285 g/mol. The van der Waals surface area contributed by atoms with Gasteiger partial charge in [0.25, 0.3) is 0 Å². The Morgan fingerprint density at radius 1 is 1.24 bits per heavy atom. The van der Waals surface area contributed by atoms with Crippen molar-refractivity contribution in [3.8, 4) is 0 Å². The summed E-state index contributed by atoms with van der Waals surface area (Å²) < 4.78 is 13.3. The molecule has 0 amide bonds. The smallest absolute Gasteiger partial charge is 0.135 e. The van der Waals surface area contributed by atoms with Crippen LogP contribution in [0.25, 0.3) is 0 Å². The molecule has 1 aromatic heterocycles. The van der Waals surface area contributed by atoms with E-state index in [-0.39, 0.29) is 5.82 Å². The molecule has 3 nitrogen and oxygen atoms in total. The first-order valence-corrected chi connectivity index (χ1v) is 7.63. The maximum Gasteiger partial charge on any atom is 0.135 e. The van der Waals surface area contributed by atoms with E-state index in [2.05, 4.69) is 22.2 Å². The van der Waals surface area contributed by atoms with Gasteiger partial charge in [-0.15, -0.1) is 0 Å². The van der Waals surface area contributed by atoms with Gasteiger partial charge in [0.15, 0.2) is 0 Å². The number of aryl methyl sites for hydroxylation is 1. The van der Waals surface area contributed by atoms with Gasteiger partial charge in [-0.2, -0.15) is 0 Å². The molecular formula is C17H20FN3. The molecule has 21 heavy (non-hydrogen) atoms. The minimum Gasteiger partial charge on any atom is -0.370 e. The molecule has 0 atom stereocenters. The number of fused-ring (bicyclic) bond motifs is 1. The van der Waals surface area contributed by atoms with Gasteiger partial charge in [0, 0.05) is 24.2 Å². The van der Waals surface area contributed by atoms with E-state index in [9.17, 15) is 4.39 Å². The van der Waals surface area contributed by atoms with Gasteiger partial charge in [-0.3, -0.25) is 0 Å². The van der Waals surface area contributed by atoms with Crippen LogP contribution in [0.5, 0.6) is 0 Å². The Balaban J connectivity index is 1.88. The summed E-state index contributed by atoms with van der Waals surface area (Å²) in [5.41, 5.74) is 3.34. The van der Waals surface area contributed by atoms with Crippen LogP contribution < -0.4 is 5.32 Å². The van der Waals surface area contributed by atoms with Gasteiger partial charge in [-0.25, -0.2) is 14.4 Å². The molecule has 0 saturated heterocycles. The second-order valence-corrected chi connectivity index (χ2v) is 5.50. The molecule has 0 fully saturated rings. The van der Waals surface area contributed by atoms with Crippen LogP contribution in [0.4, 0.5) is 10.2 Å². The van der Waals surface area contributed by atoms with E-state index in [1.54, 1.807) is 12.1 Å². The first-order valence-electron chi connectivity index (χ1n) is 7.63. The third-order valence-corrected chi connectivity index (χ3v) is 3.77. The highest BCUT2D eigenvalue weighted by Crippen LogP contribution is 2.26. The topological polar surface area (TPSA) is 37.8 Å². The van der Waals surface area contributed by atoms with Crippen molar-refractivity contribution in [3.63, 3.8) is 0 Å². The van der Waals surface area contributed by atoms with Crippen molar-refractivity contribution in [1.82, 2.24) is 9.97 Å². The normalized spacial score (nSPS) is 13.2. The van der Waals surface area contributed by atoms with Crippen LogP contribution in [0.1, 0.15) is 42.4 Å². The average Bonchev–Trinajstić information content (AvgIpc) is 2.93. The van der Waals surface area contributed by atoms with E-state index >= 15 is 0 Å². The van der Waals surface area contributed by atoms with Gasteiger partial charge in [0.05, 0.1) is 0 Å². The van der Waals surface area contributed by atoms with E-state index in [0.717, 1.165) is 55.1 Å². The molecule has 1 aromatic carbocycles. The van der Waals surface area contributed by atoms with E-state index in [0.29, 0.717) is 6.42 Å². The minimum absolute atomic E-state index is 0.210. The number of aromatic nitrogens is 2. The summed E-state index contributed by atoms with van der Waals surface area (Å²) in [5.74, 6) is 1.54. The lowest BCUT2D eigenvalue weighted by Crippen LogP contribution is -2.10. The second kappa shape index (κ2) is 6.20. The SMILES string of the molecule is CCCNc1nc(Cc2cccc(F)c2)nc2c1CCC2.